The van der Waals surface area contributed by atoms with Gasteiger partial charge < -0.3 is 20.9 Å². The molecule has 4 N–H and O–H groups in total. The highest BCUT2D eigenvalue weighted by Gasteiger charge is 2.38. The molecule has 41 heavy (non-hydrogen) atoms. The van der Waals surface area contributed by atoms with E-state index in [0.29, 0.717) is 34.7 Å². The molecule has 220 valence electrons. The third-order valence-electron chi connectivity index (χ3n) is 5.54. The molecule has 0 amide bonds. The van der Waals surface area contributed by atoms with E-state index in [9.17, 15) is 26.3 Å². The van der Waals surface area contributed by atoms with Crippen LogP contribution in [-0.2, 0) is 11.4 Å². The van der Waals surface area contributed by atoms with Crippen LogP contribution in [0.4, 0.5) is 32.2 Å². The topological polar surface area (TPSA) is 115 Å². The third-order valence-corrected chi connectivity index (χ3v) is 5.54. The molecule has 0 spiro atoms. The SMILES string of the molecule is Cc1cc(OCc2c(F)cccc2F)n2nc(C)c(-c3cc(NCC(C)(C)N)ncc3F)c2c1.O=C(O)C(F)(F)F. The molecule has 0 radical (unpaired) electrons. The Kier molecular flexibility index (Phi) is 9.16. The predicted octanol–water partition coefficient (Wildman–Crippen LogP) is 5.79. The zero-order valence-electron chi connectivity index (χ0n) is 22.4. The summed E-state index contributed by atoms with van der Waals surface area (Å²) in [6, 6.07) is 8.82. The molecule has 0 fully saturated rings. The van der Waals surface area contributed by atoms with E-state index in [1.54, 1.807) is 19.1 Å². The molecule has 0 bridgehead atoms. The van der Waals surface area contributed by atoms with Crippen LogP contribution in [0.25, 0.3) is 16.6 Å². The summed E-state index contributed by atoms with van der Waals surface area (Å²) in [5.74, 6) is -3.89. The Morgan fingerprint density at radius 3 is 2.24 bits per heavy atom. The number of pyridine rings is 2. The van der Waals surface area contributed by atoms with Crippen LogP contribution in [0, 0.1) is 31.3 Å². The summed E-state index contributed by atoms with van der Waals surface area (Å²) >= 11 is 0. The van der Waals surface area contributed by atoms with E-state index in [1.165, 1.54) is 22.7 Å². The van der Waals surface area contributed by atoms with Crippen LogP contribution in [0.2, 0.25) is 0 Å². The van der Waals surface area contributed by atoms with Crippen molar-refractivity contribution in [3.8, 4) is 17.0 Å². The van der Waals surface area contributed by atoms with Crippen LogP contribution in [0.1, 0.15) is 30.7 Å². The number of anilines is 1. The van der Waals surface area contributed by atoms with E-state index in [2.05, 4.69) is 15.4 Å². The van der Waals surface area contributed by atoms with Crippen molar-refractivity contribution < 1.29 is 41.0 Å². The van der Waals surface area contributed by atoms with Gasteiger partial charge in [0.25, 0.3) is 0 Å². The number of aliphatic carboxylic acids is 1. The van der Waals surface area contributed by atoms with E-state index in [-0.39, 0.29) is 18.1 Å². The minimum absolute atomic E-state index is 0.181. The maximum Gasteiger partial charge on any atom is 0.490 e. The third kappa shape index (κ3) is 7.87. The number of fused-ring (bicyclic) bond motifs is 1. The number of carboxylic acid groups (broad SMARTS) is 1. The number of aromatic nitrogens is 3. The molecule has 4 aromatic rings. The number of rotatable bonds is 7. The molecule has 0 saturated carbocycles. The zero-order valence-corrected chi connectivity index (χ0v) is 22.4. The highest BCUT2D eigenvalue weighted by Crippen LogP contribution is 2.34. The van der Waals surface area contributed by atoms with Gasteiger partial charge in [-0.15, -0.1) is 0 Å². The molecule has 3 heterocycles. The molecule has 0 aliphatic rings. The first-order valence-corrected chi connectivity index (χ1v) is 12.0. The van der Waals surface area contributed by atoms with Crippen molar-refractivity contribution >= 4 is 17.3 Å². The van der Waals surface area contributed by atoms with Crippen molar-refractivity contribution in [2.75, 3.05) is 11.9 Å². The lowest BCUT2D eigenvalue weighted by Gasteiger charge is -2.19. The van der Waals surface area contributed by atoms with E-state index in [1.807, 2.05) is 26.8 Å². The number of ether oxygens (including phenoxy) is 1. The van der Waals surface area contributed by atoms with Gasteiger partial charge in [0.2, 0.25) is 5.88 Å². The molecule has 0 atom stereocenters. The standard InChI is InChI=1S/C25H26F3N5O.C2HF3O2/c1-14-8-21-24(16-10-22(30-11-20(16)28)31-13-25(3,4)29)15(2)32-33(21)23(9-14)34-12-17-18(26)6-5-7-19(17)27;3-2(4,5)1(6)7/h5-11H,12-13,29H2,1-4H3,(H,30,31);(H,6,7). The number of nitrogens with zero attached hydrogens (tertiary/aromatic N) is 3. The molecule has 4 rings (SSSR count). The fourth-order valence-corrected chi connectivity index (χ4v) is 3.66. The lowest BCUT2D eigenvalue weighted by Crippen LogP contribution is -2.39. The van der Waals surface area contributed by atoms with Crippen molar-refractivity contribution in [3.05, 3.63) is 76.9 Å². The van der Waals surface area contributed by atoms with Gasteiger partial charge in [0.1, 0.15) is 29.9 Å². The fourth-order valence-electron chi connectivity index (χ4n) is 3.66. The monoisotopic (exact) mass is 583 g/mol. The molecule has 0 aliphatic carbocycles. The summed E-state index contributed by atoms with van der Waals surface area (Å²) in [5, 5.41) is 14.8. The average molecular weight is 584 g/mol. The second-order valence-electron chi connectivity index (χ2n) is 9.81. The van der Waals surface area contributed by atoms with E-state index >= 15 is 0 Å². The Bertz CT molecular complexity index is 1540. The molecule has 0 unspecified atom stereocenters. The molecule has 14 heteroatoms. The van der Waals surface area contributed by atoms with Crippen molar-refractivity contribution in [1.29, 1.82) is 0 Å². The highest BCUT2D eigenvalue weighted by atomic mass is 19.4. The smallest absolute Gasteiger partial charge is 0.475 e. The van der Waals surface area contributed by atoms with E-state index < -0.39 is 35.1 Å². The Hall–Kier alpha value is -4.33. The molecular formula is C27H27F6N5O3. The molecule has 1 aromatic carbocycles. The number of halogens is 6. The highest BCUT2D eigenvalue weighted by molar-refractivity contribution is 5.84. The number of benzene rings is 1. The van der Waals surface area contributed by atoms with E-state index in [0.717, 1.165) is 11.8 Å². The van der Waals surface area contributed by atoms with Gasteiger partial charge >= 0.3 is 12.1 Å². The van der Waals surface area contributed by atoms with Gasteiger partial charge in [-0.3, -0.25) is 0 Å². The van der Waals surface area contributed by atoms with Crippen LogP contribution in [0.15, 0.2) is 42.6 Å². The lowest BCUT2D eigenvalue weighted by molar-refractivity contribution is -0.192. The second-order valence-corrected chi connectivity index (χ2v) is 9.81. The molecule has 0 saturated heterocycles. The van der Waals surface area contributed by atoms with Gasteiger partial charge in [-0.1, -0.05) is 6.07 Å². The number of hydrogen-bond donors (Lipinski definition) is 3. The minimum Gasteiger partial charge on any atom is -0.475 e. The molecular weight excluding hydrogens is 556 g/mol. The maximum absolute atomic E-state index is 14.9. The van der Waals surface area contributed by atoms with Crippen LogP contribution in [0.5, 0.6) is 5.88 Å². The fraction of sp³-hybridized carbons (Fsp3) is 0.296. The second kappa shape index (κ2) is 12.0. The van der Waals surface area contributed by atoms with Crippen molar-refractivity contribution in [2.45, 2.75) is 46.0 Å². The Labute approximate surface area is 230 Å². The zero-order chi connectivity index (χ0) is 30.7. The van der Waals surface area contributed by atoms with Crippen molar-refractivity contribution in [1.82, 2.24) is 14.6 Å². The number of carbonyl (C=O) groups is 1. The van der Waals surface area contributed by atoms with Crippen LogP contribution in [-0.4, -0.2) is 43.9 Å². The molecule has 8 nitrogen and oxygen atoms in total. The first kappa shape index (κ1) is 31.2. The first-order chi connectivity index (χ1) is 19.0. The van der Waals surface area contributed by atoms with Crippen molar-refractivity contribution in [2.24, 2.45) is 5.73 Å². The summed E-state index contributed by atoms with van der Waals surface area (Å²) in [5.41, 5.74) is 8.23. The van der Waals surface area contributed by atoms with Crippen LogP contribution >= 0.6 is 0 Å². The van der Waals surface area contributed by atoms with Gasteiger partial charge in [0, 0.05) is 29.3 Å². The largest absolute Gasteiger partial charge is 0.490 e. The number of aryl methyl sites for hydroxylation is 2. The minimum atomic E-state index is -5.08. The Morgan fingerprint density at radius 1 is 1.07 bits per heavy atom. The number of nitrogens with two attached hydrogens (primary N) is 1. The number of alkyl halides is 3. The maximum atomic E-state index is 14.9. The summed E-state index contributed by atoms with van der Waals surface area (Å²) in [6.45, 7) is 7.48. The Balaban J connectivity index is 0.000000587. The molecule has 3 aromatic heterocycles. The predicted molar refractivity (Wildman–Crippen MR) is 139 cm³/mol. The van der Waals surface area contributed by atoms with Crippen LogP contribution in [0.3, 0.4) is 0 Å². The number of nitrogens with one attached hydrogen (secondary N) is 1. The molecule has 0 aliphatic heterocycles. The number of carboxylic acids is 1. The summed E-state index contributed by atoms with van der Waals surface area (Å²) in [6.07, 6.45) is -3.93. The summed E-state index contributed by atoms with van der Waals surface area (Å²) in [7, 11) is 0. The summed E-state index contributed by atoms with van der Waals surface area (Å²) < 4.78 is 82.0. The van der Waals surface area contributed by atoms with Gasteiger partial charge in [-0.25, -0.2) is 27.5 Å². The normalized spacial score (nSPS) is 11.7. The van der Waals surface area contributed by atoms with Gasteiger partial charge in [0.15, 0.2) is 0 Å². The van der Waals surface area contributed by atoms with E-state index in [4.69, 9.17) is 20.4 Å². The van der Waals surface area contributed by atoms with Gasteiger partial charge in [0.05, 0.1) is 23.0 Å². The number of hydrogen-bond acceptors (Lipinski definition) is 6. The Morgan fingerprint density at radius 2 is 1.68 bits per heavy atom. The average Bonchev–Trinajstić information content (AvgIpc) is 3.18. The quantitative estimate of drug-likeness (QED) is 0.236. The lowest BCUT2D eigenvalue weighted by atomic mass is 10.0. The van der Waals surface area contributed by atoms with Crippen LogP contribution < -0.4 is 15.8 Å². The van der Waals surface area contributed by atoms with Gasteiger partial charge in [-0.2, -0.15) is 18.3 Å². The summed E-state index contributed by atoms with van der Waals surface area (Å²) in [4.78, 5) is 13.0. The van der Waals surface area contributed by atoms with Gasteiger partial charge in [-0.05, 0) is 57.5 Å². The van der Waals surface area contributed by atoms with Crippen molar-refractivity contribution in [3.63, 3.8) is 0 Å². The first-order valence-electron chi connectivity index (χ1n) is 12.0.